The molecule has 0 spiro atoms. The number of hydrogen-bond donors (Lipinski definition) is 0. The van der Waals surface area contributed by atoms with Crippen LogP contribution < -0.4 is 0 Å². The van der Waals surface area contributed by atoms with E-state index >= 15 is 0 Å². The summed E-state index contributed by atoms with van der Waals surface area (Å²) in [5.41, 5.74) is 0.685. The molecule has 1 fully saturated rings. The van der Waals surface area contributed by atoms with Crippen LogP contribution in [0, 0.1) is 5.82 Å². The van der Waals surface area contributed by atoms with E-state index in [1.807, 2.05) is 0 Å². The molecule has 2 aromatic heterocycles. The number of halogens is 5. The Labute approximate surface area is 215 Å². The maximum atomic E-state index is 14.6. The molecule has 1 aromatic carbocycles. The molecule has 4 rings (SSSR count). The van der Waals surface area contributed by atoms with Crippen molar-refractivity contribution in [2.45, 2.75) is 62.2 Å². The van der Waals surface area contributed by atoms with Crippen LogP contribution in [0.2, 0.25) is 5.15 Å². The van der Waals surface area contributed by atoms with Crippen molar-refractivity contribution >= 4 is 27.4 Å². The van der Waals surface area contributed by atoms with E-state index in [9.17, 15) is 30.8 Å². The number of aryl methyl sites for hydroxylation is 1. The van der Waals surface area contributed by atoms with Crippen LogP contribution in [0.1, 0.15) is 38.1 Å². The minimum absolute atomic E-state index is 0.0386. The molecule has 1 aliphatic heterocycles. The summed E-state index contributed by atoms with van der Waals surface area (Å²) in [6.07, 6.45) is 1.81. The summed E-state index contributed by atoms with van der Waals surface area (Å²) in [7, 11) is -4.27. The van der Waals surface area contributed by atoms with E-state index in [-0.39, 0.29) is 35.0 Å². The van der Waals surface area contributed by atoms with E-state index in [1.165, 1.54) is 17.8 Å². The Bertz CT molecular complexity index is 1400. The van der Waals surface area contributed by atoms with E-state index in [2.05, 4.69) is 15.1 Å². The van der Waals surface area contributed by atoms with Gasteiger partial charge in [0.1, 0.15) is 17.7 Å². The molecule has 3 aromatic rings. The largest absolute Gasteiger partial charge is 0.303 e. The predicted octanol–water partition coefficient (Wildman–Crippen LogP) is 4.26. The predicted molar refractivity (Wildman–Crippen MR) is 125 cm³/mol. The first kappa shape index (κ1) is 27.1. The molecule has 14 heteroatoms. The zero-order valence-electron chi connectivity index (χ0n) is 19.7. The van der Waals surface area contributed by atoms with Crippen molar-refractivity contribution in [2.24, 2.45) is 0 Å². The minimum Gasteiger partial charge on any atom is -0.298 e. The third-order valence-corrected chi connectivity index (χ3v) is 8.44. The summed E-state index contributed by atoms with van der Waals surface area (Å²) in [4.78, 5) is 20.1. The van der Waals surface area contributed by atoms with Gasteiger partial charge in [-0.15, -0.1) is 0 Å². The molecule has 0 amide bonds. The first-order chi connectivity index (χ1) is 17.3. The Hall–Kier alpha value is -2.90. The Morgan fingerprint density at radius 3 is 2.41 bits per heavy atom. The molecular formula is C23H22ClF4N5O3S. The van der Waals surface area contributed by atoms with Crippen molar-refractivity contribution in [3.8, 4) is 5.69 Å². The zero-order valence-corrected chi connectivity index (χ0v) is 21.2. The van der Waals surface area contributed by atoms with Gasteiger partial charge in [-0.25, -0.2) is 31.8 Å². The van der Waals surface area contributed by atoms with Crippen LogP contribution in [-0.2, 0) is 27.2 Å². The van der Waals surface area contributed by atoms with Crippen molar-refractivity contribution in [2.75, 3.05) is 0 Å². The number of carbonyl (C=O) groups is 1. The van der Waals surface area contributed by atoms with Gasteiger partial charge in [0.25, 0.3) is 0 Å². The number of hydrogen-bond acceptors (Lipinski definition) is 6. The van der Waals surface area contributed by atoms with E-state index in [0.717, 1.165) is 41.0 Å². The summed E-state index contributed by atoms with van der Waals surface area (Å²) in [6.45, 7) is 2.05. The van der Waals surface area contributed by atoms with Crippen molar-refractivity contribution in [1.29, 1.82) is 0 Å². The number of aromatic nitrogens is 4. The highest BCUT2D eigenvalue weighted by molar-refractivity contribution is 7.89. The number of Topliss-reactive ketones (excluding diaryl/α,β-unsaturated/α-hetero) is 1. The smallest absolute Gasteiger partial charge is 0.298 e. The Kier molecular flexibility index (Phi) is 7.41. The molecule has 0 saturated carbocycles. The highest BCUT2D eigenvalue weighted by Crippen LogP contribution is 2.34. The first-order valence-corrected chi connectivity index (χ1v) is 13.0. The molecule has 3 heterocycles. The lowest BCUT2D eigenvalue weighted by Crippen LogP contribution is -2.44. The first-order valence-electron chi connectivity index (χ1n) is 11.2. The molecule has 0 unspecified atom stereocenters. The fourth-order valence-electron chi connectivity index (χ4n) is 4.12. The van der Waals surface area contributed by atoms with Crippen LogP contribution in [-0.4, -0.2) is 56.5 Å². The maximum Gasteiger partial charge on any atom is 0.303 e. The van der Waals surface area contributed by atoms with E-state index in [4.69, 9.17) is 11.6 Å². The molecule has 3 atom stereocenters. The molecular weight excluding hydrogens is 538 g/mol. The fourth-order valence-corrected chi connectivity index (χ4v) is 6.18. The number of alkyl halides is 3. The van der Waals surface area contributed by atoms with E-state index in [0.29, 0.717) is 12.5 Å². The monoisotopic (exact) mass is 559 g/mol. The molecule has 0 aliphatic carbocycles. The van der Waals surface area contributed by atoms with Gasteiger partial charge >= 0.3 is 5.92 Å². The van der Waals surface area contributed by atoms with Crippen molar-refractivity contribution in [3.63, 3.8) is 0 Å². The van der Waals surface area contributed by atoms with Gasteiger partial charge in [0.2, 0.25) is 10.0 Å². The number of benzene rings is 1. The quantitative estimate of drug-likeness (QED) is 0.383. The zero-order chi connectivity index (χ0) is 27.1. The molecule has 0 radical (unpaired) electrons. The van der Waals surface area contributed by atoms with Gasteiger partial charge in [-0.3, -0.25) is 4.79 Å². The molecule has 37 heavy (non-hydrogen) atoms. The van der Waals surface area contributed by atoms with Gasteiger partial charge < -0.3 is 0 Å². The van der Waals surface area contributed by atoms with Crippen LogP contribution in [0.3, 0.4) is 0 Å². The lowest BCUT2D eigenvalue weighted by molar-refractivity contribution is -0.122. The third kappa shape index (κ3) is 5.53. The van der Waals surface area contributed by atoms with Gasteiger partial charge in [0.05, 0.1) is 29.4 Å². The van der Waals surface area contributed by atoms with Gasteiger partial charge in [-0.05, 0) is 37.6 Å². The molecule has 0 N–H and O–H groups in total. The van der Waals surface area contributed by atoms with Gasteiger partial charge in [-0.2, -0.15) is 18.2 Å². The highest BCUT2D eigenvalue weighted by Gasteiger charge is 2.48. The number of sulfonamides is 1. The minimum atomic E-state index is -4.27. The van der Waals surface area contributed by atoms with Crippen LogP contribution in [0.4, 0.5) is 17.6 Å². The maximum absolute atomic E-state index is 14.6. The second-order valence-corrected chi connectivity index (χ2v) is 11.0. The molecule has 1 aliphatic rings. The summed E-state index contributed by atoms with van der Waals surface area (Å²) in [6, 6.07) is 1.75. The molecule has 8 nitrogen and oxygen atoms in total. The Morgan fingerprint density at radius 2 is 1.81 bits per heavy atom. The van der Waals surface area contributed by atoms with Crippen molar-refractivity contribution < 1.29 is 30.8 Å². The lowest BCUT2D eigenvalue weighted by atomic mass is 10.0. The van der Waals surface area contributed by atoms with Crippen molar-refractivity contribution in [3.05, 3.63) is 65.2 Å². The molecule has 198 valence electrons. The number of rotatable bonds is 8. The highest BCUT2D eigenvalue weighted by atomic mass is 35.5. The summed E-state index contributed by atoms with van der Waals surface area (Å²) < 4.78 is 83.0. The lowest BCUT2D eigenvalue weighted by Gasteiger charge is -2.26. The SMILES string of the molecule is C[C@H]1[C@H](F)C[C@@H](C(=O)CCc2cn(-c3cnc(C(C)(F)F)nc3)nc2Cl)N1S(=O)(=O)c1ccc(F)cc1. The van der Waals surface area contributed by atoms with Gasteiger partial charge in [0.15, 0.2) is 16.8 Å². The average Bonchev–Trinajstić information content (AvgIpc) is 3.36. The third-order valence-electron chi connectivity index (χ3n) is 6.12. The van der Waals surface area contributed by atoms with Crippen LogP contribution in [0.15, 0.2) is 47.8 Å². The van der Waals surface area contributed by atoms with E-state index in [1.54, 1.807) is 0 Å². The van der Waals surface area contributed by atoms with Crippen LogP contribution >= 0.6 is 11.6 Å². The second kappa shape index (κ2) is 10.1. The Morgan fingerprint density at radius 1 is 1.19 bits per heavy atom. The van der Waals surface area contributed by atoms with Crippen LogP contribution in [0.25, 0.3) is 5.69 Å². The fraction of sp³-hybridized carbons (Fsp3) is 0.391. The number of carbonyl (C=O) groups excluding carboxylic acids is 1. The second-order valence-electron chi connectivity index (χ2n) is 8.81. The normalized spacial score (nSPS) is 20.9. The van der Waals surface area contributed by atoms with Crippen LogP contribution in [0.5, 0.6) is 0 Å². The molecule has 0 bridgehead atoms. The van der Waals surface area contributed by atoms with E-state index < -0.39 is 51.6 Å². The number of nitrogens with zero attached hydrogens (tertiary/aromatic N) is 5. The average molecular weight is 560 g/mol. The van der Waals surface area contributed by atoms with Gasteiger partial charge in [0, 0.05) is 31.5 Å². The topological polar surface area (TPSA) is 98.1 Å². The van der Waals surface area contributed by atoms with Gasteiger partial charge in [-0.1, -0.05) is 11.6 Å². The Balaban J connectivity index is 1.50. The standard InChI is InChI=1S/C23H22ClF4N5O3S/c1-13-18(26)9-19(33(13)37(35,36)17-6-4-15(25)5-7-17)20(34)8-3-14-12-32(31-21(14)24)16-10-29-22(30-11-16)23(2,27)28/h4-7,10-13,18-19H,3,8-9H2,1-2H3/t13-,18+,19-/m0/s1. The number of ketones is 1. The summed E-state index contributed by atoms with van der Waals surface area (Å²) in [5.74, 6) is -5.01. The van der Waals surface area contributed by atoms with Crippen molar-refractivity contribution in [1.82, 2.24) is 24.1 Å². The molecule has 1 saturated heterocycles. The summed E-state index contributed by atoms with van der Waals surface area (Å²) >= 11 is 6.18. The summed E-state index contributed by atoms with van der Waals surface area (Å²) in [5, 5.41) is 4.12.